The fourth-order valence-electron chi connectivity index (χ4n) is 1.43. The minimum absolute atomic E-state index is 0.0142. The first-order valence-electron chi connectivity index (χ1n) is 4.55. The number of alkyl halides is 2. The van der Waals surface area contributed by atoms with Gasteiger partial charge in [0.25, 0.3) is 0 Å². The highest BCUT2D eigenvalue weighted by atomic mass is 35.5. The van der Waals surface area contributed by atoms with Crippen LogP contribution >= 0.6 is 11.6 Å². The molecule has 2 N–H and O–H groups in total. The summed E-state index contributed by atoms with van der Waals surface area (Å²) in [5.41, 5.74) is 6.50. The molecule has 82 valence electrons. The summed E-state index contributed by atoms with van der Waals surface area (Å²) in [5.74, 6) is -0.0142. The van der Waals surface area contributed by atoms with Gasteiger partial charge in [-0.2, -0.15) is 8.78 Å². The Morgan fingerprint density at radius 1 is 1.40 bits per heavy atom. The van der Waals surface area contributed by atoms with Crippen LogP contribution in [0.5, 0.6) is 5.75 Å². The second-order valence-electron chi connectivity index (χ2n) is 3.68. The third-order valence-electron chi connectivity index (χ3n) is 2.51. The van der Waals surface area contributed by atoms with Gasteiger partial charge in [-0.1, -0.05) is 17.7 Å². The molecule has 1 aromatic rings. The quantitative estimate of drug-likeness (QED) is 0.871. The molecule has 0 spiro atoms. The van der Waals surface area contributed by atoms with Crippen molar-refractivity contribution in [3.63, 3.8) is 0 Å². The minimum atomic E-state index is -2.86. The molecule has 1 aliphatic rings. The summed E-state index contributed by atoms with van der Waals surface area (Å²) in [4.78, 5) is 0. The van der Waals surface area contributed by atoms with Gasteiger partial charge in [0, 0.05) is 5.54 Å². The number of hydrogen-bond donors (Lipinski definition) is 1. The second kappa shape index (κ2) is 3.61. The lowest BCUT2D eigenvalue weighted by Crippen LogP contribution is -2.18. The predicted molar refractivity (Wildman–Crippen MR) is 53.2 cm³/mol. The Labute approximate surface area is 91.0 Å². The van der Waals surface area contributed by atoms with Crippen LogP contribution in [0.1, 0.15) is 18.4 Å². The van der Waals surface area contributed by atoms with Gasteiger partial charge in [0.15, 0.2) is 0 Å². The third-order valence-corrected chi connectivity index (χ3v) is 2.81. The van der Waals surface area contributed by atoms with E-state index in [1.165, 1.54) is 6.07 Å². The molecular formula is C10H10ClF2NO. The zero-order chi connectivity index (χ0) is 11.1. The van der Waals surface area contributed by atoms with E-state index in [0.717, 1.165) is 18.4 Å². The lowest BCUT2D eigenvalue weighted by atomic mass is 10.1. The van der Waals surface area contributed by atoms with Crippen LogP contribution in [0.4, 0.5) is 8.78 Å². The molecule has 0 radical (unpaired) electrons. The van der Waals surface area contributed by atoms with Crippen LogP contribution in [0.2, 0.25) is 5.02 Å². The van der Waals surface area contributed by atoms with Crippen LogP contribution in [0.15, 0.2) is 18.2 Å². The summed E-state index contributed by atoms with van der Waals surface area (Å²) < 4.78 is 28.1. The highest BCUT2D eigenvalue weighted by Crippen LogP contribution is 2.44. The Balaban J connectivity index is 2.23. The molecule has 2 nitrogen and oxygen atoms in total. The van der Waals surface area contributed by atoms with E-state index in [1.54, 1.807) is 12.1 Å². The van der Waals surface area contributed by atoms with Gasteiger partial charge < -0.3 is 10.5 Å². The number of rotatable bonds is 3. The van der Waals surface area contributed by atoms with Crippen LogP contribution < -0.4 is 10.5 Å². The molecule has 15 heavy (non-hydrogen) atoms. The van der Waals surface area contributed by atoms with E-state index in [2.05, 4.69) is 4.74 Å². The molecule has 0 aromatic heterocycles. The highest BCUT2D eigenvalue weighted by Gasteiger charge is 2.40. The predicted octanol–water partition coefficient (Wildman–Crippen LogP) is 2.89. The van der Waals surface area contributed by atoms with Gasteiger partial charge in [0.1, 0.15) is 5.75 Å². The summed E-state index contributed by atoms with van der Waals surface area (Å²) in [5, 5.41) is 0.171. The molecule has 1 fully saturated rings. The molecule has 5 heteroatoms. The van der Waals surface area contributed by atoms with Gasteiger partial charge in [-0.3, -0.25) is 0 Å². The van der Waals surface area contributed by atoms with E-state index >= 15 is 0 Å². The zero-order valence-electron chi connectivity index (χ0n) is 7.84. The van der Waals surface area contributed by atoms with Crippen LogP contribution in [0.3, 0.4) is 0 Å². The van der Waals surface area contributed by atoms with Crippen LogP contribution in [0, 0.1) is 0 Å². The minimum Gasteiger partial charge on any atom is -0.433 e. The topological polar surface area (TPSA) is 35.2 Å². The second-order valence-corrected chi connectivity index (χ2v) is 4.09. The van der Waals surface area contributed by atoms with Crippen molar-refractivity contribution in [2.45, 2.75) is 25.0 Å². The SMILES string of the molecule is NC1(c2ccc(OC(F)F)c(Cl)c2)CC1. The molecule has 0 bridgehead atoms. The van der Waals surface area contributed by atoms with Crippen molar-refractivity contribution in [2.75, 3.05) is 0 Å². The van der Waals surface area contributed by atoms with E-state index in [1.807, 2.05) is 0 Å². The first kappa shape index (κ1) is 10.6. The molecule has 0 atom stereocenters. The smallest absolute Gasteiger partial charge is 0.387 e. The Bertz CT molecular complexity index is 380. The van der Waals surface area contributed by atoms with Gasteiger partial charge >= 0.3 is 6.61 Å². The zero-order valence-corrected chi connectivity index (χ0v) is 8.60. The summed E-state index contributed by atoms with van der Waals surface area (Å²) >= 11 is 5.79. The maximum Gasteiger partial charge on any atom is 0.387 e. The van der Waals surface area contributed by atoms with Crippen molar-refractivity contribution in [1.82, 2.24) is 0 Å². The molecule has 1 saturated carbocycles. The monoisotopic (exact) mass is 233 g/mol. The van der Waals surface area contributed by atoms with E-state index in [0.29, 0.717) is 0 Å². The Morgan fingerprint density at radius 2 is 2.07 bits per heavy atom. The van der Waals surface area contributed by atoms with E-state index < -0.39 is 6.61 Å². The molecule has 0 aliphatic heterocycles. The first-order chi connectivity index (χ1) is 7.01. The average Bonchev–Trinajstić information content (AvgIpc) is 2.88. The summed E-state index contributed by atoms with van der Waals surface area (Å²) in [7, 11) is 0. The maximum absolute atomic E-state index is 11.9. The third kappa shape index (κ3) is 2.21. The van der Waals surface area contributed by atoms with Gasteiger partial charge in [0.05, 0.1) is 5.02 Å². The number of hydrogen-bond acceptors (Lipinski definition) is 2. The standard InChI is InChI=1S/C10H10ClF2NO/c11-7-5-6(10(14)3-4-10)1-2-8(7)15-9(12)13/h1-2,5,9H,3-4,14H2. The van der Waals surface area contributed by atoms with Crippen molar-refractivity contribution in [3.8, 4) is 5.75 Å². The van der Waals surface area contributed by atoms with Gasteiger partial charge in [-0.25, -0.2) is 0 Å². The van der Waals surface area contributed by atoms with Crippen molar-refractivity contribution in [3.05, 3.63) is 28.8 Å². The molecule has 1 aromatic carbocycles. The maximum atomic E-state index is 11.9. The Morgan fingerprint density at radius 3 is 2.53 bits per heavy atom. The van der Waals surface area contributed by atoms with Gasteiger partial charge in [-0.15, -0.1) is 0 Å². The van der Waals surface area contributed by atoms with E-state index in [9.17, 15) is 8.78 Å². The number of nitrogens with two attached hydrogens (primary N) is 1. The normalized spacial score (nSPS) is 17.9. The Kier molecular flexibility index (Phi) is 2.56. The van der Waals surface area contributed by atoms with Crippen LogP contribution in [-0.4, -0.2) is 6.61 Å². The van der Waals surface area contributed by atoms with E-state index in [4.69, 9.17) is 17.3 Å². The Hall–Kier alpha value is -0.870. The lowest BCUT2D eigenvalue weighted by Gasteiger charge is -2.12. The molecule has 0 heterocycles. The summed E-state index contributed by atoms with van der Waals surface area (Å²) in [6.45, 7) is -2.86. The van der Waals surface area contributed by atoms with Crippen molar-refractivity contribution >= 4 is 11.6 Å². The largest absolute Gasteiger partial charge is 0.433 e. The summed E-state index contributed by atoms with van der Waals surface area (Å²) in [6, 6.07) is 4.69. The molecule has 0 unspecified atom stereocenters. The molecular weight excluding hydrogens is 224 g/mol. The lowest BCUT2D eigenvalue weighted by molar-refractivity contribution is -0.0497. The van der Waals surface area contributed by atoms with E-state index in [-0.39, 0.29) is 16.3 Å². The highest BCUT2D eigenvalue weighted by molar-refractivity contribution is 6.32. The molecule has 2 rings (SSSR count). The first-order valence-corrected chi connectivity index (χ1v) is 4.93. The average molecular weight is 234 g/mol. The number of benzene rings is 1. The number of ether oxygens (including phenoxy) is 1. The fourth-order valence-corrected chi connectivity index (χ4v) is 1.65. The molecule has 0 amide bonds. The van der Waals surface area contributed by atoms with Gasteiger partial charge in [-0.05, 0) is 30.5 Å². The van der Waals surface area contributed by atoms with Gasteiger partial charge in [0.2, 0.25) is 0 Å². The summed E-state index contributed by atoms with van der Waals surface area (Å²) in [6.07, 6.45) is 1.80. The molecule has 1 aliphatic carbocycles. The van der Waals surface area contributed by atoms with Crippen molar-refractivity contribution < 1.29 is 13.5 Å². The molecule has 0 saturated heterocycles. The fraction of sp³-hybridized carbons (Fsp3) is 0.400. The van der Waals surface area contributed by atoms with Crippen molar-refractivity contribution in [1.29, 1.82) is 0 Å². The van der Waals surface area contributed by atoms with Crippen molar-refractivity contribution in [2.24, 2.45) is 5.73 Å². The van der Waals surface area contributed by atoms with Crippen LogP contribution in [0.25, 0.3) is 0 Å². The van der Waals surface area contributed by atoms with Crippen LogP contribution in [-0.2, 0) is 5.54 Å². The number of halogens is 3.